The van der Waals surface area contributed by atoms with Crippen LogP contribution >= 0.6 is 0 Å². The van der Waals surface area contributed by atoms with Crippen LogP contribution in [0.2, 0.25) is 0 Å². The van der Waals surface area contributed by atoms with Crippen LogP contribution in [0.5, 0.6) is 5.75 Å². The molecule has 3 N–H and O–H groups in total. The Bertz CT molecular complexity index is 454. The van der Waals surface area contributed by atoms with Crippen molar-refractivity contribution in [1.82, 2.24) is 0 Å². The van der Waals surface area contributed by atoms with Crippen LogP contribution < -0.4 is 15.8 Å². The Labute approximate surface area is 127 Å². The van der Waals surface area contributed by atoms with Gasteiger partial charge in [-0.25, -0.2) is 4.39 Å². The largest absolute Gasteiger partial charge is 0.488 e. The van der Waals surface area contributed by atoms with Crippen molar-refractivity contribution in [3.8, 4) is 5.75 Å². The summed E-state index contributed by atoms with van der Waals surface area (Å²) in [5.41, 5.74) is 7.19. The van der Waals surface area contributed by atoms with E-state index in [2.05, 4.69) is 5.32 Å². The molecule has 0 aliphatic heterocycles. The van der Waals surface area contributed by atoms with E-state index in [0.29, 0.717) is 11.7 Å². The third kappa shape index (κ3) is 4.80. The number of nitrogens with one attached hydrogen (secondary N) is 1. The lowest BCUT2D eigenvalue weighted by molar-refractivity contribution is 0.231. The third-order valence-electron chi connectivity index (χ3n) is 3.93. The van der Waals surface area contributed by atoms with Crippen LogP contribution in [0.4, 0.5) is 15.8 Å². The minimum Gasteiger partial charge on any atom is -0.488 e. The maximum atomic E-state index is 13.9. The zero-order valence-electron chi connectivity index (χ0n) is 13.1. The van der Waals surface area contributed by atoms with E-state index in [4.69, 9.17) is 10.5 Å². The Hall–Kier alpha value is -1.45. The average Bonchev–Trinajstić information content (AvgIpc) is 2.37. The third-order valence-corrected chi connectivity index (χ3v) is 3.93. The highest BCUT2D eigenvalue weighted by molar-refractivity contribution is 5.69. The van der Waals surface area contributed by atoms with Crippen molar-refractivity contribution in [2.24, 2.45) is 0 Å². The van der Waals surface area contributed by atoms with Gasteiger partial charge < -0.3 is 15.8 Å². The van der Waals surface area contributed by atoms with Gasteiger partial charge in [0.25, 0.3) is 0 Å². The number of hydrogen-bond donors (Lipinski definition) is 2. The lowest BCUT2D eigenvalue weighted by Crippen LogP contribution is -2.21. The molecule has 1 aliphatic carbocycles. The highest BCUT2D eigenvalue weighted by Gasteiger charge is 2.15. The number of rotatable bonds is 4. The first kappa shape index (κ1) is 15.9. The molecule has 3 nitrogen and oxygen atoms in total. The van der Waals surface area contributed by atoms with Crippen LogP contribution in [0.3, 0.4) is 0 Å². The molecule has 0 amide bonds. The number of halogens is 1. The lowest BCUT2D eigenvalue weighted by Gasteiger charge is -2.23. The van der Waals surface area contributed by atoms with Crippen LogP contribution in [-0.4, -0.2) is 12.1 Å². The summed E-state index contributed by atoms with van der Waals surface area (Å²) in [4.78, 5) is 0. The molecule has 21 heavy (non-hydrogen) atoms. The smallest absolute Gasteiger partial charge is 0.167 e. The van der Waals surface area contributed by atoms with Gasteiger partial charge in [0.05, 0.1) is 17.5 Å². The molecule has 1 saturated carbocycles. The molecule has 1 fully saturated rings. The van der Waals surface area contributed by atoms with Crippen molar-refractivity contribution < 1.29 is 9.13 Å². The Morgan fingerprint density at radius 3 is 2.38 bits per heavy atom. The van der Waals surface area contributed by atoms with E-state index in [-0.39, 0.29) is 11.9 Å². The van der Waals surface area contributed by atoms with E-state index >= 15 is 0 Å². The minimum atomic E-state index is -0.399. The first-order chi connectivity index (χ1) is 10.1. The van der Waals surface area contributed by atoms with Gasteiger partial charge in [-0.1, -0.05) is 32.1 Å². The molecule has 4 heteroatoms. The van der Waals surface area contributed by atoms with Gasteiger partial charge in [-0.15, -0.1) is 0 Å². The number of nitrogen functional groups attached to an aromatic ring is 1. The summed E-state index contributed by atoms with van der Waals surface area (Å²) in [7, 11) is 0. The highest BCUT2D eigenvalue weighted by atomic mass is 19.1. The monoisotopic (exact) mass is 294 g/mol. The van der Waals surface area contributed by atoms with Crippen molar-refractivity contribution in [2.45, 2.75) is 70.9 Å². The standard InChI is InChI=1S/C17H27FN2O/c1-12(2)21-17-11-16(15(19)10-14(17)18)20-13-8-6-4-3-5-7-9-13/h10-13,20H,3-9,19H2,1-2H3. The summed E-state index contributed by atoms with van der Waals surface area (Å²) < 4.78 is 19.4. The topological polar surface area (TPSA) is 47.3 Å². The van der Waals surface area contributed by atoms with Gasteiger partial charge in [-0.3, -0.25) is 0 Å². The minimum absolute atomic E-state index is 0.0580. The van der Waals surface area contributed by atoms with Crippen LogP contribution in [0, 0.1) is 5.82 Å². The first-order valence-corrected chi connectivity index (χ1v) is 8.08. The van der Waals surface area contributed by atoms with Gasteiger partial charge in [0, 0.05) is 18.2 Å². The molecule has 0 heterocycles. The van der Waals surface area contributed by atoms with E-state index in [1.54, 1.807) is 6.07 Å². The molecule has 0 radical (unpaired) electrons. The van der Waals surface area contributed by atoms with Gasteiger partial charge in [-0.2, -0.15) is 0 Å². The van der Waals surface area contributed by atoms with E-state index in [9.17, 15) is 4.39 Å². The van der Waals surface area contributed by atoms with E-state index in [1.807, 2.05) is 13.8 Å². The molecule has 0 aromatic heterocycles. The average molecular weight is 294 g/mol. The summed E-state index contributed by atoms with van der Waals surface area (Å²) in [5.74, 6) is -0.128. The maximum absolute atomic E-state index is 13.9. The molecule has 0 bridgehead atoms. The lowest BCUT2D eigenvalue weighted by atomic mass is 9.96. The van der Waals surface area contributed by atoms with Crippen LogP contribution in [0.25, 0.3) is 0 Å². The molecular formula is C17H27FN2O. The van der Waals surface area contributed by atoms with Crippen molar-refractivity contribution >= 4 is 11.4 Å². The van der Waals surface area contributed by atoms with Crippen LogP contribution in [-0.2, 0) is 0 Å². The normalized spacial score (nSPS) is 17.3. The second kappa shape index (κ2) is 7.53. The molecular weight excluding hydrogens is 267 g/mol. The summed E-state index contributed by atoms with van der Waals surface area (Å²) in [5, 5.41) is 3.49. The fourth-order valence-corrected chi connectivity index (χ4v) is 2.86. The quantitative estimate of drug-likeness (QED) is 0.790. The van der Waals surface area contributed by atoms with Crippen molar-refractivity contribution in [3.05, 3.63) is 17.9 Å². The summed E-state index contributed by atoms with van der Waals surface area (Å²) in [6.45, 7) is 3.77. The number of hydrogen-bond acceptors (Lipinski definition) is 3. The van der Waals surface area contributed by atoms with Crippen LogP contribution in [0.15, 0.2) is 12.1 Å². The first-order valence-electron chi connectivity index (χ1n) is 8.08. The molecule has 1 aromatic carbocycles. The van der Waals surface area contributed by atoms with Gasteiger partial charge in [0.15, 0.2) is 11.6 Å². The molecule has 1 aliphatic rings. The predicted molar refractivity (Wildman–Crippen MR) is 86.3 cm³/mol. The maximum Gasteiger partial charge on any atom is 0.167 e. The summed E-state index contributed by atoms with van der Waals surface area (Å²) in [6.07, 6.45) is 8.68. The fourth-order valence-electron chi connectivity index (χ4n) is 2.86. The Kier molecular flexibility index (Phi) is 5.71. The fraction of sp³-hybridized carbons (Fsp3) is 0.647. The molecule has 0 saturated heterocycles. The number of nitrogens with two attached hydrogens (primary N) is 1. The second-order valence-electron chi connectivity index (χ2n) is 6.22. The Balaban J connectivity index is 2.10. The zero-order chi connectivity index (χ0) is 15.2. The van der Waals surface area contributed by atoms with E-state index in [1.165, 1.54) is 38.2 Å². The molecule has 118 valence electrons. The van der Waals surface area contributed by atoms with Gasteiger partial charge in [0.2, 0.25) is 0 Å². The predicted octanol–water partition coefficient (Wildman–Crippen LogP) is 4.72. The van der Waals surface area contributed by atoms with Crippen molar-refractivity contribution in [3.63, 3.8) is 0 Å². The molecule has 2 rings (SSSR count). The molecule has 0 unspecified atom stereocenters. The number of anilines is 2. The number of benzene rings is 1. The SMILES string of the molecule is CC(C)Oc1cc(NC2CCCCCCC2)c(N)cc1F. The summed E-state index contributed by atoms with van der Waals surface area (Å²) in [6, 6.07) is 3.47. The molecule has 0 atom stereocenters. The summed E-state index contributed by atoms with van der Waals surface area (Å²) >= 11 is 0. The van der Waals surface area contributed by atoms with Gasteiger partial charge >= 0.3 is 0 Å². The van der Waals surface area contributed by atoms with E-state index in [0.717, 1.165) is 18.5 Å². The highest BCUT2D eigenvalue weighted by Crippen LogP contribution is 2.31. The number of ether oxygens (including phenoxy) is 1. The van der Waals surface area contributed by atoms with Gasteiger partial charge in [-0.05, 0) is 26.7 Å². The van der Waals surface area contributed by atoms with Crippen molar-refractivity contribution in [1.29, 1.82) is 0 Å². The molecule has 1 aromatic rings. The second-order valence-corrected chi connectivity index (χ2v) is 6.22. The van der Waals surface area contributed by atoms with E-state index < -0.39 is 5.82 Å². The Morgan fingerprint density at radius 2 is 1.76 bits per heavy atom. The zero-order valence-corrected chi connectivity index (χ0v) is 13.1. The van der Waals surface area contributed by atoms with Gasteiger partial charge in [0.1, 0.15) is 0 Å². The molecule has 0 spiro atoms. The van der Waals surface area contributed by atoms with Crippen molar-refractivity contribution in [2.75, 3.05) is 11.1 Å². The van der Waals surface area contributed by atoms with Crippen LogP contribution in [0.1, 0.15) is 58.8 Å². The Morgan fingerprint density at radius 1 is 1.14 bits per heavy atom.